The van der Waals surface area contributed by atoms with Gasteiger partial charge in [-0.3, -0.25) is 37.3 Å². The zero-order valence-corrected chi connectivity index (χ0v) is 56.3. The summed E-state index contributed by atoms with van der Waals surface area (Å²) in [7, 11) is -9.89. The highest BCUT2D eigenvalue weighted by atomic mass is 31.2. The van der Waals surface area contributed by atoms with Crippen molar-refractivity contribution in [2.45, 2.75) is 331 Å². The summed E-state index contributed by atoms with van der Waals surface area (Å²) in [6.45, 7) is 13.9. The van der Waals surface area contributed by atoms with Crippen molar-refractivity contribution < 1.29 is 80.2 Å². The normalized spacial score (nSPS) is 14.4. The van der Waals surface area contributed by atoms with Gasteiger partial charge in [-0.05, 0) is 49.4 Å². The van der Waals surface area contributed by atoms with Crippen LogP contribution in [-0.4, -0.2) is 96.7 Å². The Labute approximate surface area is 511 Å². The van der Waals surface area contributed by atoms with Gasteiger partial charge in [0.1, 0.15) is 19.3 Å². The van der Waals surface area contributed by atoms with E-state index in [-0.39, 0.29) is 25.7 Å². The van der Waals surface area contributed by atoms with Crippen LogP contribution in [0.3, 0.4) is 0 Å². The van der Waals surface area contributed by atoms with Crippen molar-refractivity contribution in [1.82, 2.24) is 0 Å². The number of ether oxygens (including phenoxy) is 4. The SMILES string of the molecule is CC(C)CCCCCCCCCCCCCC(=O)O[C@H](COC(=O)CCCCCCCCC(C)C)COP(=O)(O)OC[C@H](O)COP(=O)(O)OC[C@@H](COC(=O)CCCCCCCCCC(C)C)OC(=O)CCCCCCCCCCC(C)C. The minimum atomic E-state index is -4.95. The average Bonchev–Trinajstić information content (AvgIpc) is 3.56. The van der Waals surface area contributed by atoms with Crippen molar-refractivity contribution in [1.29, 1.82) is 0 Å². The molecule has 0 heterocycles. The number of aliphatic hydroxyl groups excluding tert-OH is 1. The van der Waals surface area contributed by atoms with Gasteiger partial charge in [-0.1, -0.05) is 261 Å². The van der Waals surface area contributed by atoms with Gasteiger partial charge in [0.15, 0.2) is 12.2 Å². The molecule has 0 amide bonds. The Bertz CT molecular complexity index is 1680. The van der Waals surface area contributed by atoms with Gasteiger partial charge in [-0.2, -0.15) is 0 Å². The van der Waals surface area contributed by atoms with E-state index in [2.05, 4.69) is 55.4 Å². The van der Waals surface area contributed by atoms with Gasteiger partial charge in [0.2, 0.25) is 0 Å². The predicted octanol–water partition coefficient (Wildman–Crippen LogP) is 17.8. The Kier molecular flexibility index (Phi) is 53.9. The zero-order valence-electron chi connectivity index (χ0n) is 54.5. The van der Waals surface area contributed by atoms with Gasteiger partial charge in [-0.25, -0.2) is 9.13 Å². The molecule has 2 unspecified atom stereocenters. The largest absolute Gasteiger partial charge is 0.472 e. The van der Waals surface area contributed by atoms with Crippen molar-refractivity contribution in [3.8, 4) is 0 Å². The van der Waals surface area contributed by atoms with Crippen LogP contribution in [-0.2, 0) is 65.4 Å². The van der Waals surface area contributed by atoms with Crippen molar-refractivity contribution in [3.63, 3.8) is 0 Å². The molecule has 19 heteroatoms. The Hall–Kier alpha value is -1.94. The molecule has 0 aliphatic heterocycles. The highest BCUT2D eigenvalue weighted by molar-refractivity contribution is 7.47. The molecule has 84 heavy (non-hydrogen) atoms. The molecule has 5 atom stereocenters. The first-order valence-electron chi connectivity index (χ1n) is 33.7. The van der Waals surface area contributed by atoms with E-state index in [4.69, 9.17) is 37.0 Å². The Morgan fingerprint density at radius 2 is 0.500 bits per heavy atom. The van der Waals surface area contributed by atoms with Gasteiger partial charge in [-0.15, -0.1) is 0 Å². The van der Waals surface area contributed by atoms with Crippen molar-refractivity contribution in [2.24, 2.45) is 23.7 Å². The third-order valence-corrected chi connectivity index (χ3v) is 16.7. The first-order valence-corrected chi connectivity index (χ1v) is 36.7. The topological polar surface area (TPSA) is 237 Å². The Morgan fingerprint density at radius 1 is 0.298 bits per heavy atom. The lowest BCUT2D eigenvalue weighted by Crippen LogP contribution is -2.30. The standard InChI is InChI=1S/C65H126O17P2/c1-55(2)41-33-25-17-12-10-9-11-13-20-31-39-47-64(69)81-61(52-76-63(68)46-38-30-24-23-28-36-44-58(7)8)54-80-84(73,74)78-50-59(66)49-77-83(71,72)79-53-60(51-75-62(67)45-37-29-22-16-19-27-35-43-57(5)6)82-65(70)48-40-32-21-15-14-18-26-34-42-56(3)4/h55-61,66H,9-54H2,1-8H3,(H,71,72)(H,73,74)/t59-,60-,61-/m1/s1. The maximum absolute atomic E-state index is 13.0. The number of hydrogen-bond acceptors (Lipinski definition) is 15. The highest BCUT2D eigenvalue weighted by Crippen LogP contribution is 2.45. The van der Waals surface area contributed by atoms with E-state index in [1.165, 1.54) is 103 Å². The lowest BCUT2D eigenvalue weighted by molar-refractivity contribution is -0.161. The van der Waals surface area contributed by atoms with Crippen LogP contribution in [0.15, 0.2) is 0 Å². The van der Waals surface area contributed by atoms with Crippen LogP contribution in [0.2, 0.25) is 0 Å². The summed E-state index contributed by atoms with van der Waals surface area (Å²) in [6, 6.07) is 0. The van der Waals surface area contributed by atoms with Crippen LogP contribution < -0.4 is 0 Å². The number of carbonyl (C=O) groups is 4. The summed E-state index contributed by atoms with van der Waals surface area (Å²) in [6.07, 6.45) is 35.1. The molecular formula is C65H126O17P2. The fraction of sp³-hybridized carbons (Fsp3) is 0.938. The molecule has 0 rings (SSSR count). The van der Waals surface area contributed by atoms with Gasteiger partial charge in [0.05, 0.1) is 26.4 Å². The fourth-order valence-electron chi connectivity index (χ4n) is 9.61. The summed E-state index contributed by atoms with van der Waals surface area (Å²) in [5, 5.41) is 10.5. The molecule has 0 radical (unpaired) electrons. The minimum Gasteiger partial charge on any atom is -0.462 e. The van der Waals surface area contributed by atoms with E-state index in [9.17, 15) is 43.2 Å². The van der Waals surface area contributed by atoms with E-state index >= 15 is 0 Å². The van der Waals surface area contributed by atoms with Crippen LogP contribution in [0.4, 0.5) is 0 Å². The first kappa shape index (κ1) is 82.1. The van der Waals surface area contributed by atoms with Crippen molar-refractivity contribution in [3.05, 3.63) is 0 Å². The lowest BCUT2D eigenvalue weighted by Gasteiger charge is -2.21. The molecule has 0 saturated heterocycles. The van der Waals surface area contributed by atoms with E-state index in [1.807, 2.05) is 0 Å². The molecule has 0 aromatic carbocycles. The van der Waals surface area contributed by atoms with Crippen LogP contribution in [0.25, 0.3) is 0 Å². The van der Waals surface area contributed by atoms with E-state index < -0.39 is 97.5 Å². The Morgan fingerprint density at radius 3 is 0.738 bits per heavy atom. The molecule has 0 spiro atoms. The smallest absolute Gasteiger partial charge is 0.462 e. The number of carbonyl (C=O) groups excluding carboxylic acids is 4. The maximum Gasteiger partial charge on any atom is 0.472 e. The molecule has 3 N–H and O–H groups in total. The van der Waals surface area contributed by atoms with E-state index in [0.29, 0.717) is 37.5 Å². The lowest BCUT2D eigenvalue weighted by atomic mass is 10.0. The highest BCUT2D eigenvalue weighted by Gasteiger charge is 2.30. The molecule has 0 aromatic heterocycles. The number of rotatable bonds is 62. The van der Waals surface area contributed by atoms with Gasteiger partial charge < -0.3 is 33.8 Å². The van der Waals surface area contributed by atoms with Crippen LogP contribution >= 0.6 is 15.6 Å². The molecule has 498 valence electrons. The number of hydrogen-bond donors (Lipinski definition) is 3. The monoisotopic (exact) mass is 1240 g/mol. The molecule has 0 saturated carbocycles. The molecule has 0 bridgehead atoms. The number of unbranched alkanes of at least 4 members (excludes halogenated alkanes) is 28. The van der Waals surface area contributed by atoms with Crippen molar-refractivity contribution in [2.75, 3.05) is 39.6 Å². The fourth-order valence-corrected chi connectivity index (χ4v) is 11.2. The molecule has 0 aliphatic carbocycles. The van der Waals surface area contributed by atoms with Crippen LogP contribution in [0, 0.1) is 23.7 Å². The average molecular weight is 1240 g/mol. The van der Waals surface area contributed by atoms with E-state index in [0.717, 1.165) is 115 Å². The Balaban J connectivity index is 5.24. The first-order chi connectivity index (χ1) is 40.1. The summed E-state index contributed by atoms with van der Waals surface area (Å²) >= 11 is 0. The molecule has 0 fully saturated rings. The number of phosphoric ester groups is 2. The van der Waals surface area contributed by atoms with Gasteiger partial charge in [0.25, 0.3) is 0 Å². The third kappa shape index (κ3) is 59.0. The molecule has 0 aliphatic rings. The number of phosphoric acid groups is 2. The number of aliphatic hydroxyl groups is 1. The maximum atomic E-state index is 13.0. The third-order valence-electron chi connectivity index (χ3n) is 14.8. The second kappa shape index (κ2) is 55.2. The van der Waals surface area contributed by atoms with Crippen LogP contribution in [0.5, 0.6) is 0 Å². The minimum absolute atomic E-state index is 0.103. The quantitative estimate of drug-likeness (QED) is 0.0222. The summed E-state index contributed by atoms with van der Waals surface area (Å²) in [5.41, 5.74) is 0. The van der Waals surface area contributed by atoms with Crippen LogP contribution in [0.1, 0.15) is 312 Å². The summed E-state index contributed by atoms with van der Waals surface area (Å²) in [4.78, 5) is 72.2. The summed E-state index contributed by atoms with van der Waals surface area (Å²) < 4.78 is 68.0. The molecular weight excluding hydrogens is 1110 g/mol. The predicted molar refractivity (Wildman–Crippen MR) is 335 cm³/mol. The summed E-state index contributed by atoms with van der Waals surface area (Å²) in [5.74, 6) is 0.728. The van der Waals surface area contributed by atoms with Gasteiger partial charge >= 0.3 is 39.5 Å². The second-order valence-electron chi connectivity index (χ2n) is 25.4. The van der Waals surface area contributed by atoms with Gasteiger partial charge in [0, 0.05) is 25.7 Å². The second-order valence-corrected chi connectivity index (χ2v) is 28.3. The van der Waals surface area contributed by atoms with Crippen molar-refractivity contribution >= 4 is 39.5 Å². The molecule has 0 aromatic rings. The zero-order chi connectivity index (χ0) is 62.5. The van der Waals surface area contributed by atoms with E-state index in [1.54, 1.807) is 0 Å². The molecule has 17 nitrogen and oxygen atoms in total. The number of esters is 4.